The van der Waals surface area contributed by atoms with Crippen LogP contribution in [0.25, 0.3) is 10.7 Å². The Balaban J connectivity index is 1.38. The van der Waals surface area contributed by atoms with E-state index in [1.54, 1.807) is 11.3 Å². The standard InChI is InChI=1S/C20H21ClN4O2S/c21-15-8-6-14(7-9-15)12-22-18(26)13-25-10-2-1-4-16(25)20-23-19(24-27-20)17-5-3-11-28-17/h3,5-9,11,16H,1-2,4,10,12-13H2,(H,22,26)/t16-/m0/s1. The lowest BCUT2D eigenvalue weighted by molar-refractivity contribution is -0.123. The molecule has 0 radical (unpaired) electrons. The zero-order valence-corrected chi connectivity index (χ0v) is 16.9. The van der Waals surface area contributed by atoms with Gasteiger partial charge in [-0.05, 0) is 48.5 Å². The monoisotopic (exact) mass is 416 g/mol. The molecule has 6 nitrogen and oxygen atoms in total. The van der Waals surface area contributed by atoms with E-state index in [4.69, 9.17) is 16.1 Å². The summed E-state index contributed by atoms with van der Waals surface area (Å²) in [7, 11) is 0. The molecule has 0 unspecified atom stereocenters. The van der Waals surface area contributed by atoms with E-state index in [2.05, 4.69) is 20.4 Å². The normalized spacial score (nSPS) is 17.5. The van der Waals surface area contributed by atoms with Gasteiger partial charge < -0.3 is 9.84 Å². The first kappa shape index (κ1) is 19.1. The molecular weight excluding hydrogens is 396 g/mol. The number of amides is 1. The second-order valence-corrected chi connectivity index (χ2v) is 8.20. The summed E-state index contributed by atoms with van der Waals surface area (Å²) in [5.74, 6) is 1.19. The fourth-order valence-corrected chi connectivity index (χ4v) is 4.15. The molecule has 4 rings (SSSR count). The van der Waals surface area contributed by atoms with Crippen LogP contribution in [-0.4, -0.2) is 34.0 Å². The highest BCUT2D eigenvalue weighted by atomic mass is 35.5. The molecule has 3 heterocycles. The SMILES string of the molecule is O=C(CN1CCCC[C@H]1c1nc(-c2cccs2)no1)NCc1ccc(Cl)cc1. The topological polar surface area (TPSA) is 71.3 Å². The van der Waals surface area contributed by atoms with Gasteiger partial charge in [0, 0.05) is 11.6 Å². The van der Waals surface area contributed by atoms with Gasteiger partial charge in [-0.2, -0.15) is 4.98 Å². The average Bonchev–Trinajstić information content (AvgIpc) is 3.40. The fraction of sp³-hybridized carbons (Fsp3) is 0.350. The predicted octanol–water partition coefficient (Wildman–Crippen LogP) is 4.29. The third-order valence-corrected chi connectivity index (χ3v) is 5.95. The third kappa shape index (κ3) is 4.60. The maximum Gasteiger partial charge on any atom is 0.244 e. The van der Waals surface area contributed by atoms with Crippen LogP contribution >= 0.6 is 22.9 Å². The molecule has 1 atom stereocenters. The van der Waals surface area contributed by atoms with E-state index in [0.29, 0.717) is 29.8 Å². The van der Waals surface area contributed by atoms with Crippen molar-refractivity contribution in [3.63, 3.8) is 0 Å². The molecule has 1 N–H and O–H groups in total. The maximum atomic E-state index is 12.5. The summed E-state index contributed by atoms with van der Waals surface area (Å²) >= 11 is 7.48. The van der Waals surface area contributed by atoms with Crippen LogP contribution in [0.5, 0.6) is 0 Å². The molecule has 3 aromatic rings. The Morgan fingerprint density at radius 3 is 2.93 bits per heavy atom. The second-order valence-electron chi connectivity index (χ2n) is 6.82. The number of thiophene rings is 1. The first-order valence-corrected chi connectivity index (χ1v) is 10.6. The smallest absolute Gasteiger partial charge is 0.244 e. The second kappa shape index (κ2) is 8.86. The number of rotatable bonds is 6. The van der Waals surface area contributed by atoms with Crippen LogP contribution in [0.2, 0.25) is 5.02 Å². The van der Waals surface area contributed by atoms with Crippen molar-refractivity contribution in [1.29, 1.82) is 0 Å². The van der Waals surface area contributed by atoms with Crippen LogP contribution in [0.15, 0.2) is 46.3 Å². The van der Waals surface area contributed by atoms with Crippen molar-refractivity contribution in [1.82, 2.24) is 20.4 Å². The van der Waals surface area contributed by atoms with Gasteiger partial charge in [-0.1, -0.05) is 41.4 Å². The largest absolute Gasteiger partial charge is 0.351 e. The van der Waals surface area contributed by atoms with E-state index in [-0.39, 0.29) is 11.9 Å². The van der Waals surface area contributed by atoms with Crippen LogP contribution in [0.4, 0.5) is 0 Å². The summed E-state index contributed by atoms with van der Waals surface area (Å²) < 4.78 is 5.54. The van der Waals surface area contributed by atoms with Crippen LogP contribution in [0.3, 0.4) is 0 Å². The van der Waals surface area contributed by atoms with Crippen molar-refractivity contribution in [3.8, 4) is 10.7 Å². The first-order chi connectivity index (χ1) is 13.7. The van der Waals surface area contributed by atoms with Crippen molar-refractivity contribution in [3.05, 3.63) is 58.3 Å². The molecule has 1 aliphatic heterocycles. The average molecular weight is 417 g/mol. The maximum absolute atomic E-state index is 12.5. The minimum Gasteiger partial charge on any atom is -0.351 e. The minimum absolute atomic E-state index is 0.0140. The van der Waals surface area contributed by atoms with E-state index >= 15 is 0 Å². The molecule has 28 heavy (non-hydrogen) atoms. The summed E-state index contributed by atoms with van der Waals surface area (Å²) in [6.07, 6.45) is 3.06. The van der Waals surface area contributed by atoms with E-state index in [9.17, 15) is 4.79 Å². The lowest BCUT2D eigenvalue weighted by Crippen LogP contribution is -2.41. The van der Waals surface area contributed by atoms with Gasteiger partial charge in [0.25, 0.3) is 0 Å². The van der Waals surface area contributed by atoms with Gasteiger partial charge in [0.1, 0.15) is 0 Å². The predicted molar refractivity (Wildman–Crippen MR) is 109 cm³/mol. The van der Waals surface area contributed by atoms with Gasteiger partial charge in [-0.25, -0.2) is 0 Å². The number of nitrogens with zero attached hydrogens (tertiary/aromatic N) is 3. The highest BCUT2D eigenvalue weighted by Gasteiger charge is 2.30. The summed E-state index contributed by atoms with van der Waals surface area (Å²) in [6.45, 7) is 1.64. The third-order valence-electron chi connectivity index (χ3n) is 4.83. The Bertz CT molecular complexity index is 911. The van der Waals surface area contributed by atoms with E-state index < -0.39 is 0 Å². The zero-order chi connectivity index (χ0) is 19.3. The Morgan fingerprint density at radius 1 is 1.29 bits per heavy atom. The van der Waals surface area contributed by atoms with Gasteiger partial charge in [-0.15, -0.1) is 11.3 Å². The quantitative estimate of drug-likeness (QED) is 0.648. The highest BCUT2D eigenvalue weighted by Crippen LogP contribution is 2.31. The van der Waals surface area contributed by atoms with Crippen LogP contribution in [0.1, 0.15) is 36.8 Å². The molecule has 0 aliphatic carbocycles. The van der Waals surface area contributed by atoms with E-state index in [1.165, 1.54) is 0 Å². The lowest BCUT2D eigenvalue weighted by Gasteiger charge is -2.32. The molecule has 2 aromatic heterocycles. The van der Waals surface area contributed by atoms with Crippen LogP contribution in [0, 0.1) is 0 Å². The number of piperidine rings is 1. The molecule has 1 aliphatic rings. The van der Waals surface area contributed by atoms with Gasteiger partial charge in [0.05, 0.1) is 17.5 Å². The molecule has 8 heteroatoms. The Labute approximate surface area is 172 Å². The number of hydrogen-bond acceptors (Lipinski definition) is 6. The minimum atomic E-state index is -0.0174. The number of likely N-dealkylation sites (tertiary alicyclic amines) is 1. The number of nitrogens with one attached hydrogen (secondary N) is 1. The van der Waals surface area contributed by atoms with Crippen LogP contribution in [-0.2, 0) is 11.3 Å². The summed E-state index contributed by atoms with van der Waals surface area (Å²) in [5, 5.41) is 9.77. The summed E-state index contributed by atoms with van der Waals surface area (Å²) in [6, 6.07) is 11.4. The number of carbonyl (C=O) groups is 1. The highest BCUT2D eigenvalue weighted by molar-refractivity contribution is 7.13. The number of benzene rings is 1. The van der Waals surface area contributed by atoms with E-state index in [1.807, 2.05) is 41.8 Å². The van der Waals surface area contributed by atoms with Gasteiger partial charge >= 0.3 is 0 Å². The Morgan fingerprint density at radius 2 is 2.14 bits per heavy atom. The number of halogens is 1. The molecule has 0 spiro atoms. The molecule has 146 valence electrons. The molecule has 1 saturated heterocycles. The Kier molecular flexibility index (Phi) is 6.04. The molecule has 1 fully saturated rings. The Hall–Kier alpha value is -2.22. The van der Waals surface area contributed by atoms with Crippen molar-refractivity contribution in [2.24, 2.45) is 0 Å². The fourth-order valence-electron chi connectivity index (χ4n) is 3.38. The first-order valence-electron chi connectivity index (χ1n) is 9.32. The lowest BCUT2D eigenvalue weighted by atomic mass is 10.0. The van der Waals surface area contributed by atoms with Gasteiger partial charge in [0.2, 0.25) is 17.6 Å². The van der Waals surface area contributed by atoms with Crippen molar-refractivity contribution < 1.29 is 9.32 Å². The molecule has 1 amide bonds. The molecule has 0 saturated carbocycles. The summed E-state index contributed by atoms with van der Waals surface area (Å²) in [5.41, 5.74) is 1.02. The number of hydrogen-bond donors (Lipinski definition) is 1. The van der Waals surface area contributed by atoms with Crippen molar-refractivity contribution in [2.45, 2.75) is 31.8 Å². The number of aromatic nitrogens is 2. The van der Waals surface area contributed by atoms with Crippen molar-refractivity contribution in [2.75, 3.05) is 13.1 Å². The molecule has 0 bridgehead atoms. The molecular formula is C20H21ClN4O2S. The van der Waals surface area contributed by atoms with Crippen molar-refractivity contribution >= 4 is 28.8 Å². The van der Waals surface area contributed by atoms with Crippen LogP contribution < -0.4 is 5.32 Å². The van der Waals surface area contributed by atoms with E-state index in [0.717, 1.165) is 36.2 Å². The van der Waals surface area contributed by atoms with Gasteiger partial charge in [-0.3, -0.25) is 9.69 Å². The summed E-state index contributed by atoms with van der Waals surface area (Å²) in [4.78, 5) is 20.2. The number of carbonyl (C=O) groups excluding carboxylic acids is 1. The zero-order valence-electron chi connectivity index (χ0n) is 15.3. The van der Waals surface area contributed by atoms with Gasteiger partial charge in [0.15, 0.2) is 0 Å². The molecule has 1 aromatic carbocycles.